The molecule has 0 bridgehead atoms. The highest BCUT2D eigenvalue weighted by Gasteiger charge is 2.21. The summed E-state index contributed by atoms with van der Waals surface area (Å²) in [4.78, 5) is 14.7. The second kappa shape index (κ2) is 8.75. The van der Waals surface area contributed by atoms with E-state index < -0.39 is 0 Å². The summed E-state index contributed by atoms with van der Waals surface area (Å²) >= 11 is 0. The number of ether oxygens (including phenoxy) is 2. The summed E-state index contributed by atoms with van der Waals surface area (Å²) in [5.41, 5.74) is 3.44. The third kappa shape index (κ3) is 4.18. The first-order valence-electron chi connectivity index (χ1n) is 9.49. The smallest absolute Gasteiger partial charge is 0.227 e. The van der Waals surface area contributed by atoms with Crippen LogP contribution in [0.3, 0.4) is 0 Å². The van der Waals surface area contributed by atoms with Gasteiger partial charge >= 0.3 is 0 Å². The largest absolute Gasteiger partial charge is 0.490 e. The number of hydrogen-bond donors (Lipinski definition) is 0. The Morgan fingerprint density at radius 1 is 1.04 bits per heavy atom. The molecule has 0 N–H and O–H groups in total. The molecule has 0 spiro atoms. The van der Waals surface area contributed by atoms with Gasteiger partial charge in [-0.1, -0.05) is 24.3 Å². The SMILES string of the molecule is CCOc1ccc(CCC(=O)N2CCCc3ccccc32)cc1OCC. The molecule has 3 rings (SSSR count). The number of anilines is 1. The van der Waals surface area contributed by atoms with E-state index in [9.17, 15) is 4.79 Å². The van der Waals surface area contributed by atoms with Gasteiger partial charge in [0.25, 0.3) is 0 Å². The Morgan fingerprint density at radius 3 is 2.62 bits per heavy atom. The summed E-state index contributed by atoms with van der Waals surface area (Å²) < 4.78 is 11.3. The molecule has 0 fully saturated rings. The van der Waals surface area contributed by atoms with E-state index in [2.05, 4.69) is 12.1 Å². The average Bonchev–Trinajstić information content (AvgIpc) is 2.67. The van der Waals surface area contributed by atoms with E-state index in [-0.39, 0.29) is 5.91 Å². The number of carbonyl (C=O) groups excluding carboxylic acids is 1. The summed E-state index contributed by atoms with van der Waals surface area (Å²) in [5.74, 6) is 1.70. The fourth-order valence-electron chi connectivity index (χ4n) is 3.43. The fraction of sp³-hybridized carbons (Fsp3) is 0.409. The summed E-state index contributed by atoms with van der Waals surface area (Å²) in [6.07, 6.45) is 3.27. The van der Waals surface area contributed by atoms with Gasteiger partial charge in [-0.3, -0.25) is 4.79 Å². The van der Waals surface area contributed by atoms with Crippen LogP contribution >= 0.6 is 0 Å². The fourth-order valence-corrected chi connectivity index (χ4v) is 3.43. The predicted molar refractivity (Wildman–Crippen MR) is 104 cm³/mol. The Labute approximate surface area is 155 Å². The number of carbonyl (C=O) groups is 1. The molecule has 0 unspecified atom stereocenters. The lowest BCUT2D eigenvalue weighted by molar-refractivity contribution is -0.118. The number of para-hydroxylation sites is 1. The van der Waals surface area contributed by atoms with Crippen molar-refractivity contribution < 1.29 is 14.3 Å². The molecule has 138 valence electrons. The number of nitrogens with zero attached hydrogens (tertiary/aromatic N) is 1. The quantitative estimate of drug-likeness (QED) is 0.741. The molecule has 0 aliphatic carbocycles. The van der Waals surface area contributed by atoms with Crippen molar-refractivity contribution in [3.05, 3.63) is 53.6 Å². The van der Waals surface area contributed by atoms with E-state index in [0.29, 0.717) is 26.1 Å². The minimum Gasteiger partial charge on any atom is -0.490 e. The number of amides is 1. The zero-order valence-corrected chi connectivity index (χ0v) is 15.7. The van der Waals surface area contributed by atoms with Gasteiger partial charge in [0.2, 0.25) is 5.91 Å². The van der Waals surface area contributed by atoms with Crippen molar-refractivity contribution in [3.8, 4) is 11.5 Å². The van der Waals surface area contributed by atoms with Gasteiger partial charge in [-0.25, -0.2) is 0 Å². The van der Waals surface area contributed by atoms with E-state index in [1.165, 1.54) is 5.56 Å². The minimum atomic E-state index is 0.184. The van der Waals surface area contributed by atoms with Gasteiger partial charge in [-0.15, -0.1) is 0 Å². The molecule has 1 aliphatic rings. The topological polar surface area (TPSA) is 38.8 Å². The summed E-state index contributed by atoms with van der Waals surface area (Å²) in [6.45, 7) is 5.92. The van der Waals surface area contributed by atoms with Crippen molar-refractivity contribution in [2.24, 2.45) is 0 Å². The third-order valence-corrected chi connectivity index (χ3v) is 4.65. The maximum atomic E-state index is 12.8. The molecule has 1 heterocycles. The lowest BCUT2D eigenvalue weighted by Gasteiger charge is -2.29. The van der Waals surface area contributed by atoms with Crippen molar-refractivity contribution in [3.63, 3.8) is 0 Å². The molecule has 0 saturated carbocycles. The Kier molecular flexibility index (Phi) is 6.16. The van der Waals surface area contributed by atoms with Crippen molar-refractivity contribution >= 4 is 11.6 Å². The lowest BCUT2D eigenvalue weighted by Crippen LogP contribution is -2.35. The first kappa shape index (κ1) is 18.3. The normalized spacial score (nSPS) is 13.2. The summed E-state index contributed by atoms with van der Waals surface area (Å²) in [7, 11) is 0. The molecular weight excluding hydrogens is 326 g/mol. The van der Waals surface area contributed by atoms with Crippen LogP contribution in [0.5, 0.6) is 11.5 Å². The van der Waals surface area contributed by atoms with Crippen molar-refractivity contribution in [2.45, 2.75) is 39.5 Å². The molecule has 4 nitrogen and oxygen atoms in total. The van der Waals surface area contributed by atoms with Crippen LogP contribution in [-0.4, -0.2) is 25.7 Å². The molecule has 2 aromatic carbocycles. The van der Waals surface area contributed by atoms with E-state index in [4.69, 9.17) is 9.47 Å². The van der Waals surface area contributed by atoms with Crippen LogP contribution in [0.15, 0.2) is 42.5 Å². The zero-order valence-electron chi connectivity index (χ0n) is 15.7. The number of fused-ring (bicyclic) bond motifs is 1. The van der Waals surface area contributed by atoms with Crippen LogP contribution in [0.1, 0.15) is 37.8 Å². The maximum absolute atomic E-state index is 12.8. The van der Waals surface area contributed by atoms with Gasteiger partial charge in [-0.2, -0.15) is 0 Å². The molecule has 26 heavy (non-hydrogen) atoms. The van der Waals surface area contributed by atoms with Crippen molar-refractivity contribution in [1.82, 2.24) is 0 Å². The minimum absolute atomic E-state index is 0.184. The standard InChI is InChI=1S/C22H27NO3/c1-3-25-20-13-11-17(16-21(20)26-4-2)12-14-22(24)23-15-7-9-18-8-5-6-10-19(18)23/h5-6,8,10-11,13,16H,3-4,7,9,12,14-15H2,1-2H3. The van der Waals surface area contributed by atoms with Gasteiger partial charge in [0.15, 0.2) is 11.5 Å². The number of aryl methyl sites for hydroxylation is 2. The van der Waals surface area contributed by atoms with Gasteiger partial charge < -0.3 is 14.4 Å². The van der Waals surface area contributed by atoms with E-state index in [0.717, 1.165) is 42.1 Å². The molecule has 1 amide bonds. The molecule has 0 saturated heterocycles. The number of hydrogen-bond acceptors (Lipinski definition) is 3. The third-order valence-electron chi connectivity index (χ3n) is 4.65. The van der Waals surface area contributed by atoms with Crippen LogP contribution in [0.25, 0.3) is 0 Å². The molecule has 0 aromatic heterocycles. The molecule has 4 heteroatoms. The maximum Gasteiger partial charge on any atom is 0.227 e. The monoisotopic (exact) mass is 353 g/mol. The lowest BCUT2D eigenvalue weighted by atomic mass is 10.0. The second-order valence-electron chi connectivity index (χ2n) is 6.42. The van der Waals surface area contributed by atoms with Crippen LogP contribution < -0.4 is 14.4 Å². The van der Waals surface area contributed by atoms with Crippen molar-refractivity contribution in [1.29, 1.82) is 0 Å². The van der Waals surface area contributed by atoms with E-state index in [1.54, 1.807) is 0 Å². The number of rotatable bonds is 7. The predicted octanol–water partition coefficient (Wildman–Crippen LogP) is 4.40. The first-order chi connectivity index (χ1) is 12.7. The van der Waals surface area contributed by atoms with Crippen LogP contribution in [0.2, 0.25) is 0 Å². The molecule has 0 atom stereocenters. The van der Waals surface area contributed by atoms with Crippen LogP contribution in [0, 0.1) is 0 Å². The highest BCUT2D eigenvalue weighted by atomic mass is 16.5. The van der Waals surface area contributed by atoms with Gasteiger partial charge in [0.05, 0.1) is 13.2 Å². The van der Waals surface area contributed by atoms with Crippen LogP contribution in [-0.2, 0) is 17.6 Å². The average molecular weight is 353 g/mol. The molecule has 0 radical (unpaired) electrons. The Morgan fingerprint density at radius 2 is 1.81 bits per heavy atom. The van der Waals surface area contributed by atoms with Crippen LogP contribution in [0.4, 0.5) is 5.69 Å². The molecule has 2 aromatic rings. The molecule has 1 aliphatic heterocycles. The van der Waals surface area contributed by atoms with Gasteiger partial charge in [0.1, 0.15) is 0 Å². The summed E-state index contributed by atoms with van der Waals surface area (Å²) in [6, 6.07) is 14.2. The number of benzene rings is 2. The first-order valence-corrected chi connectivity index (χ1v) is 9.49. The second-order valence-corrected chi connectivity index (χ2v) is 6.42. The Balaban J connectivity index is 1.67. The Hall–Kier alpha value is -2.49. The van der Waals surface area contributed by atoms with E-state index in [1.807, 2.05) is 49.1 Å². The Bertz CT molecular complexity index is 757. The highest BCUT2D eigenvalue weighted by Crippen LogP contribution is 2.30. The van der Waals surface area contributed by atoms with E-state index >= 15 is 0 Å². The van der Waals surface area contributed by atoms with Crippen molar-refractivity contribution in [2.75, 3.05) is 24.7 Å². The highest BCUT2D eigenvalue weighted by molar-refractivity contribution is 5.94. The zero-order chi connectivity index (χ0) is 18.4. The summed E-state index contributed by atoms with van der Waals surface area (Å²) in [5, 5.41) is 0. The van der Waals surface area contributed by atoms with Gasteiger partial charge in [0, 0.05) is 18.7 Å². The molecular formula is C22H27NO3. The van der Waals surface area contributed by atoms with Gasteiger partial charge in [-0.05, 0) is 62.4 Å².